The lowest BCUT2D eigenvalue weighted by molar-refractivity contribution is 1.17. The molecule has 5 aromatic carbocycles. The van der Waals surface area contributed by atoms with Gasteiger partial charge in [0, 0.05) is 57.7 Å². The third kappa shape index (κ3) is 3.29. The van der Waals surface area contributed by atoms with Gasteiger partial charge in [0.25, 0.3) is 0 Å². The van der Waals surface area contributed by atoms with Gasteiger partial charge in [0.15, 0.2) is 0 Å². The maximum Gasteiger partial charge on any atom is 0.0571 e. The number of aromatic nitrogens is 4. The zero-order valence-electron chi connectivity index (χ0n) is 22.6. The molecule has 4 nitrogen and oxygen atoms in total. The van der Waals surface area contributed by atoms with E-state index < -0.39 is 0 Å². The second-order valence-electron chi connectivity index (χ2n) is 10.8. The average Bonchev–Trinajstić information content (AvgIpc) is 3.56. The molecule has 4 aromatic heterocycles. The Labute approximate surface area is 241 Å². The number of fused-ring (bicyclic) bond motifs is 7. The highest BCUT2D eigenvalue weighted by Crippen LogP contribution is 2.39. The number of pyridine rings is 2. The highest BCUT2D eigenvalue weighted by molar-refractivity contribution is 6.18. The van der Waals surface area contributed by atoms with E-state index >= 15 is 0 Å². The summed E-state index contributed by atoms with van der Waals surface area (Å²) in [6.45, 7) is 0. The molecule has 0 saturated heterocycles. The van der Waals surface area contributed by atoms with Gasteiger partial charge in [0.2, 0.25) is 0 Å². The van der Waals surface area contributed by atoms with Crippen LogP contribution in [0.2, 0.25) is 0 Å². The van der Waals surface area contributed by atoms with Crippen LogP contribution in [0.3, 0.4) is 0 Å². The van der Waals surface area contributed by atoms with Gasteiger partial charge in [-0.05, 0) is 70.4 Å². The van der Waals surface area contributed by atoms with Crippen molar-refractivity contribution in [2.45, 2.75) is 0 Å². The molecule has 0 N–H and O–H groups in total. The van der Waals surface area contributed by atoms with E-state index in [4.69, 9.17) is 0 Å². The van der Waals surface area contributed by atoms with Crippen LogP contribution in [0, 0.1) is 0 Å². The van der Waals surface area contributed by atoms with Crippen LogP contribution in [0.1, 0.15) is 0 Å². The molecule has 0 spiro atoms. The molecule has 9 rings (SSSR count). The van der Waals surface area contributed by atoms with Gasteiger partial charge in [-0.25, -0.2) is 0 Å². The lowest BCUT2D eigenvalue weighted by Gasteiger charge is -2.11. The fourth-order valence-corrected chi connectivity index (χ4v) is 6.62. The number of benzene rings is 5. The Kier molecular flexibility index (Phi) is 4.87. The molecule has 0 aliphatic rings. The van der Waals surface area contributed by atoms with Crippen molar-refractivity contribution >= 4 is 54.4 Å². The molecule has 0 saturated carbocycles. The molecule has 0 aliphatic heterocycles. The van der Waals surface area contributed by atoms with Crippen molar-refractivity contribution in [3.8, 4) is 22.5 Å². The molecule has 0 aliphatic carbocycles. The van der Waals surface area contributed by atoms with Crippen LogP contribution in [0.15, 0.2) is 146 Å². The monoisotopic (exact) mass is 536 g/mol. The van der Waals surface area contributed by atoms with E-state index in [2.05, 4.69) is 140 Å². The van der Waals surface area contributed by atoms with E-state index in [-0.39, 0.29) is 0 Å². The Morgan fingerprint density at radius 3 is 1.64 bits per heavy atom. The summed E-state index contributed by atoms with van der Waals surface area (Å²) in [4.78, 5) is 9.03. The van der Waals surface area contributed by atoms with Crippen molar-refractivity contribution in [1.82, 2.24) is 19.1 Å². The molecule has 4 heterocycles. The molecule has 9 aromatic rings. The maximum absolute atomic E-state index is 4.53. The van der Waals surface area contributed by atoms with Crippen LogP contribution in [-0.2, 0) is 0 Å². The Morgan fingerprint density at radius 2 is 0.976 bits per heavy atom. The second kappa shape index (κ2) is 8.88. The largest absolute Gasteiger partial charge is 0.309 e. The van der Waals surface area contributed by atoms with E-state index in [9.17, 15) is 0 Å². The number of hydrogen-bond donors (Lipinski definition) is 0. The van der Waals surface area contributed by atoms with Crippen molar-refractivity contribution in [1.29, 1.82) is 0 Å². The van der Waals surface area contributed by atoms with Crippen molar-refractivity contribution in [2.75, 3.05) is 0 Å². The third-order valence-corrected chi connectivity index (χ3v) is 8.49. The van der Waals surface area contributed by atoms with Gasteiger partial charge in [-0.1, -0.05) is 72.8 Å². The van der Waals surface area contributed by atoms with E-state index in [0.29, 0.717) is 0 Å². The number of para-hydroxylation sites is 1. The van der Waals surface area contributed by atoms with Crippen LogP contribution in [0.4, 0.5) is 0 Å². The predicted molar refractivity (Wildman–Crippen MR) is 174 cm³/mol. The highest BCUT2D eigenvalue weighted by atomic mass is 15.0. The topological polar surface area (TPSA) is 35.6 Å². The summed E-state index contributed by atoms with van der Waals surface area (Å²) in [5, 5.41) is 7.15. The van der Waals surface area contributed by atoms with Crippen LogP contribution in [-0.4, -0.2) is 19.1 Å². The van der Waals surface area contributed by atoms with Crippen molar-refractivity contribution in [2.24, 2.45) is 0 Å². The SMILES string of the molecule is c1ccc(-n2c3ccncc3c3cc4c(cc32)c2cnccc2n4-c2ccc(-c3cccc4ccccc34)cc2)cc1. The average molecular weight is 537 g/mol. The highest BCUT2D eigenvalue weighted by Gasteiger charge is 2.18. The molecule has 4 heteroatoms. The quantitative estimate of drug-likeness (QED) is 0.225. The summed E-state index contributed by atoms with van der Waals surface area (Å²) in [7, 11) is 0. The van der Waals surface area contributed by atoms with Gasteiger partial charge < -0.3 is 9.13 Å². The van der Waals surface area contributed by atoms with Gasteiger partial charge in [0.05, 0.1) is 22.1 Å². The third-order valence-electron chi connectivity index (χ3n) is 8.49. The van der Waals surface area contributed by atoms with Crippen molar-refractivity contribution in [3.05, 3.63) is 146 Å². The lowest BCUT2D eigenvalue weighted by atomic mass is 9.98. The van der Waals surface area contributed by atoms with Gasteiger partial charge in [-0.3, -0.25) is 9.97 Å². The Balaban J connectivity index is 1.31. The zero-order chi connectivity index (χ0) is 27.6. The fourth-order valence-electron chi connectivity index (χ4n) is 6.62. The molecule has 0 atom stereocenters. The summed E-state index contributed by atoms with van der Waals surface area (Å²) in [5.74, 6) is 0. The summed E-state index contributed by atoms with van der Waals surface area (Å²) < 4.78 is 4.70. The van der Waals surface area contributed by atoms with E-state index in [1.165, 1.54) is 32.7 Å². The lowest BCUT2D eigenvalue weighted by Crippen LogP contribution is -1.95. The summed E-state index contributed by atoms with van der Waals surface area (Å²) in [5.41, 5.74) is 9.30. The van der Waals surface area contributed by atoms with Gasteiger partial charge in [-0.2, -0.15) is 0 Å². The Bertz CT molecular complexity index is 2440. The van der Waals surface area contributed by atoms with Gasteiger partial charge in [-0.15, -0.1) is 0 Å². The van der Waals surface area contributed by atoms with Crippen LogP contribution in [0.25, 0.3) is 76.9 Å². The van der Waals surface area contributed by atoms with Crippen molar-refractivity contribution in [3.63, 3.8) is 0 Å². The Morgan fingerprint density at radius 1 is 0.405 bits per heavy atom. The molecule has 0 amide bonds. The smallest absolute Gasteiger partial charge is 0.0571 e. The minimum Gasteiger partial charge on any atom is -0.309 e. The molecular formula is C38H24N4. The second-order valence-corrected chi connectivity index (χ2v) is 10.8. The molecule has 0 unspecified atom stereocenters. The normalized spacial score (nSPS) is 11.8. The summed E-state index contributed by atoms with van der Waals surface area (Å²) in [6, 6.07) is 43.4. The minimum atomic E-state index is 1.12. The Hall–Kier alpha value is -5.74. The van der Waals surface area contributed by atoms with E-state index in [1.54, 1.807) is 0 Å². The van der Waals surface area contributed by atoms with E-state index in [1.807, 2.05) is 24.8 Å². The first-order valence-corrected chi connectivity index (χ1v) is 14.2. The number of hydrogen-bond acceptors (Lipinski definition) is 2. The van der Waals surface area contributed by atoms with Gasteiger partial charge in [0.1, 0.15) is 0 Å². The zero-order valence-corrected chi connectivity index (χ0v) is 22.6. The van der Waals surface area contributed by atoms with Crippen LogP contribution in [0.5, 0.6) is 0 Å². The first-order valence-electron chi connectivity index (χ1n) is 14.2. The minimum absolute atomic E-state index is 1.12. The van der Waals surface area contributed by atoms with Crippen molar-refractivity contribution < 1.29 is 0 Å². The first-order chi connectivity index (χ1) is 20.8. The van der Waals surface area contributed by atoms with Crippen LogP contribution < -0.4 is 0 Å². The summed E-state index contributed by atoms with van der Waals surface area (Å²) >= 11 is 0. The number of nitrogens with zero attached hydrogens (tertiary/aromatic N) is 4. The molecule has 0 fully saturated rings. The standard InChI is InChI=1S/C38H24N4/c1-2-9-27(10-3-1)41-35-17-19-39-23-33(35)31-22-38-32(21-37(31)41)34-24-40-20-18-36(34)42(38)28-15-13-26(14-16-28)30-12-6-8-25-7-4-5-11-29(25)30/h1-24H. The van der Waals surface area contributed by atoms with E-state index in [0.717, 1.165) is 44.2 Å². The molecule has 0 radical (unpaired) electrons. The molecule has 42 heavy (non-hydrogen) atoms. The fraction of sp³-hybridized carbons (Fsp3) is 0. The molecular weight excluding hydrogens is 512 g/mol. The molecule has 0 bridgehead atoms. The number of rotatable bonds is 3. The summed E-state index contributed by atoms with van der Waals surface area (Å²) in [6.07, 6.45) is 7.72. The molecule has 196 valence electrons. The predicted octanol–water partition coefficient (Wildman–Crippen LogP) is 9.49. The van der Waals surface area contributed by atoms with Gasteiger partial charge >= 0.3 is 0 Å². The van der Waals surface area contributed by atoms with Crippen LogP contribution >= 0.6 is 0 Å². The first kappa shape index (κ1) is 23.0. The maximum atomic E-state index is 4.53.